The van der Waals surface area contributed by atoms with E-state index < -0.39 is 0 Å². The lowest BCUT2D eigenvalue weighted by atomic mass is 9.86. The largest absolute Gasteiger partial charge is 0.394 e. The Morgan fingerprint density at radius 1 is 1.11 bits per heavy atom. The second kappa shape index (κ2) is 7.39. The van der Waals surface area contributed by atoms with Crippen molar-refractivity contribution in [2.45, 2.75) is 33.1 Å². The van der Waals surface area contributed by atoms with Crippen LogP contribution in [0.3, 0.4) is 0 Å². The van der Waals surface area contributed by atoms with Crippen LogP contribution >= 0.6 is 0 Å². The highest BCUT2D eigenvalue weighted by Gasteiger charge is 2.14. The Labute approximate surface area is 166 Å². The Morgan fingerprint density at radius 2 is 1.79 bits per heavy atom. The molecule has 0 radical (unpaired) electrons. The van der Waals surface area contributed by atoms with E-state index in [0.717, 1.165) is 33.6 Å². The van der Waals surface area contributed by atoms with Gasteiger partial charge in [0.1, 0.15) is 0 Å². The van der Waals surface area contributed by atoms with Crippen LogP contribution in [0.2, 0.25) is 0 Å². The molecule has 0 aliphatic carbocycles. The summed E-state index contributed by atoms with van der Waals surface area (Å²) in [6.07, 6.45) is 1.69. The molecule has 4 N–H and O–H groups in total. The van der Waals surface area contributed by atoms with Gasteiger partial charge in [-0.05, 0) is 46.7 Å². The topological polar surface area (TPSA) is 70.9 Å². The van der Waals surface area contributed by atoms with Gasteiger partial charge in [0.15, 0.2) is 0 Å². The monoisotopic (exact) mass is 373 g/mol. The Morgan fingerprint density at radius 3 is 2.39 bits per heavy atom. The number of hydrogen-bond acceptors (Lipinski definition) is 3. The molecule has 144 valence electrons. The van der Waals surface area contributed by atoms with Crippen molar-refractivity contribution < 1.29 is 0 Å². The maximum absolute atomic E-state index is 11.5. The lowest BCUT2D eigenvalue weighted by Crippen LogP contribution is -2.11. The highest BCUT2D eigenvalue weighted by atomic mass is 16.1. The van der Waals surface area contributed by atoms with Gasteiger partial charge in [0.25, 0.3) is 5.56 Å². The van der Waals surface area contributed by atoms with Crippen molar-refractivity contribution in [3.05, 3.63) is 88.4 Å². The van der Waals surface area contributed by atoms with Crippen molar-refractivity contribution in [2.75, 3.05) is 11.1 Å². The van der Waals surface area contributed by atoms with Gasteiger partial charge in [-0.25, -0.2) is 0 Å². The summed E-state index contributed by atoms with van der Waals surface area (Å²) in [6, 6.07) is 16.2. The molecule has 0 aliphatic rings. The number of nitrogens with one attached hydrogen (secondary N) is 2. The van der Waals surface area contributed by atoms with Crippen LogP contribution in [0.25, 0.3) is 16.8 Å². The minimum absolute atomic E-state index is 0.122. The first-order valence-electron chi connectivity index (χ1n) is 9.32. The fourth-order valence-corrected chi connectivity index (χ4v) is 3.15. The fraction of sp³-hybridized carbons (Fsp3) is 0.208. The smallest absolute Gasteiger partial charge is 0.271 e. The molecule has 4 nitrogen and oxygen atoms in total. The van der Waals surface area contributed by atoms with Gasteiger partial charge in [0, 0.05) is 23.1 Å². The van der Waals surface area contributed by atoms with Crippen LogP contribution in [-0.4, -0.2) is 4.98 Å². The highest BCUT2D eigenvalue weighted by molar-refractivity contribution is 5.81. The van der Waals surface area contributed by atoms with Gasteiger partial charge in [0.2, 0.25) is 0 Å². The summed E-state index contributed by atoms with van der Waals surface area (Å²) in [5.41, 5.74) is 12.9. The second-order valence-corrected chi connectivity index (χ2v) is 8.08. The molecule has 1 heterocycles. The van der Waals surface area contributed by atoms with Crippen LogP contribution < -0.4 is 16.6 Å². The van der Waals surface area contributed by atoms with Crippen molar-refractivity contribution in [2.24, 2.45) is 0 Å². The van der Waals surface area contributed by atoms with Crippen molar-refractivity contribution in [1.29, 1.82) is 0 Å². The molecule has 0 saturated heterocycles. The van der Waals surface area contributed by atoms with E-state index in [4.69, 9.17) is 5.73 Å². The molecule has 0 bridgehead atoms. The summed E-state index contributed by atoms with van der Waals surface area (Å²) in [4.78, 5) is 14.2. The third kappa shape index (κ3) is 4.01. The average Bonchev–Trinajstić information content (AvgIpc) is 2.65. The standard InChI is InChI=1S/C24H27N3O/c1-15-20(18-13-21(25)23(28)26-14-18)7-6-8-22(15)27-16(2)17-9-11-19(12-10-17)24(3,4)5/h6-14,27H,2,25H2,1,3-5H3,(H,26,28). The number of benzene rings is 2. The molecule has 3 rings (SSSR count). The fourth-order valence-electron chi connectivity index (χ4n) is 3.15. The average molecular weight is 374 g/mol. The van der Waals surface area contributed by atoms with Gasteiger partial charge >= 0.3 is 0 Å². The lowest BCUT2D eigenvalue weighted by Gasteiger charge is -2.20. The molecule has 0 spiro atoms. The normalized spacial score (nSPS) is 11.3. The minimum atomic E-state index is -0.275. The number of hydrogen-bond donors (Lipinski definition) is 3. The summed E-state index contributed by atoms with van der Waals surface area (Å²) < 4.78 is 0. The van der Waals surface area contributed by atoms with Gasteiger partial charge in [-0.15, -0.1) is 0 Å². The third-order valence-corrected chi connectivity index (χ3v) is 4.96. The van der Waals surface area contributed by atoms with Gasteiger partial charge in [0.05, 0.1) is 5.69 Å². The lowest BCUT2D eigenvalue weighted by molar-refractivity contribution is 0.590. The zero-order valence-corrected chi connectivity index (χ0v) is 16.9. The number of anilines is 2. The molecular formula is C24H27N3O. The van der Waals surface area contributed by atoms with Crippen LogP contribution in [0.1, 0.15) is 37.5 Å². The maximum atomic E-state index is 11.5. The number of nitrogens with two attached hydrogens (primary N) is 1. The zero-order valence-electron chi connectivity index (χ0n) is 16.9. The first kappa shape index (κ1) is 19.5. The van der Waals surface area contributed by atoms with Crippen LogP contribution in [-0.2, 0) is 5.41 Å². The third-order valence-electron chi connectivity index (χ3n) is 4.96. The predicted molar refractivity (Wildman–Crippen MR) is 119 cm³/mol. The Hall–Kier alpha value is -3.27. The van der Waals surface area contributed by atoms with Gasteiger partial charge < -0.3 is 16.0 Å². The predicted octanol–water partition coefficient (Wildman–Crippen LogP) is 5.31. The molecule has 0 atom stereocenters. The quantitative estimate of drug-likeness (QED) is 0.580. The highest BCUT2D eigenvalue weighted by Crippen LogP contribution is 2.30. The summed E-state index contributed by atoms with van der Waals surface area (Å²) in [7, 11) is 0. The van der Waals surface area contributed by atoms with Gasteiger partial charge in [-0.3, -0.25) is 4.79 Å². The van der Waals surface area contributed by atoms with Gasteiger partial charge in [-0.2, -0.15) is 0 Å². The van der Waals surface area contributed by atoms with Crippen LogP contribution in [0, 0.1) is 6.92 Å². The van der Waals surface area contributed by atoms with Crippen molar-refractivity contribution in [3.8, 4) is 11.1 Å². The number of rotatable bonds is 4. The first-order chi connectivity index (χ1) is 13.2. The van der Waals surface area contributed by atoms with Crippen LogP contribution in [0.4, 0.5) is 11.4 Å². The molecule has 4 heteroatoms. The van der Waals surface area contributed by atoms with E-state index in [1.165, 1.54) is 5.56 Å². The SMILES string of the molecule is C=C(Nc1cccc(-c2c[nH]c(=O)c(N)c2)c1C)c1ccc(C(C)(C)C)cc1. The summed E-state index contributed by atoms with van der Waals surface area (Å²) in [5, 5.41) is 3.42. The number of H-pyrrole nitrogens is 1. The molecule has 2 aromatic carbocycles. The molecule has 28 heavy (non-hydrogen) atoms. The molecule has 0 fully saturated rings. The Kier molecular flexibility index (Phi) is 5.14. The van der Waals surface area contributed by atoms with E-state index >= 15 is 0 Å². The summed E-state index contributed by atoms with van der Waals surface area (Å²) in [6.45, 7) is 12.8. The van der Waals surface area contributed by atoms with E-state index in [0.29, 0.717) is 0 Å². The van der Waals surface area contributed by atoms with E-state index in [1.54, 1.807) is 12.3 Å². The van der Waals surface area contributed by atoms with E-state index in [2.05, 4.69) is 61.9 Å². The van der Waals surface area contributed by atoms with E-state index in [9.17, 15) is 4.79 Å². The molecule has 0 amide bonds. The molecule has 0 aliphatic heterocycles. The van der Waals surface area contributed by atoms with Crippen molar-refractivity contribution >= 4 is 17.1 Å². The van der Waals surface area contributed by atoms with E-state index in [1.807, 2.05) is 25.1 Å². The molecule has 3 aromatic rings. The van der Waals surface area contributed by atoms with Crippen LogP contribution in [0.5, 0.6) is 0 Å². The van der Waals surface area contributed by atoms with Crippen molar-refractivity contribution in [1.82, 2.24) is 4.98 Å². The van der Waals surface area contributed by atoms with Crippen LogP contribution in [0.15, 0.2) is 66.1 Å². The molecule has 0 saturated carbocycles. The minimum Gasteiger partial charge on any atom is -0.394 e. The van der Waals surface area contributed by atoms with E-state index in [-0.39, 0.29) is 16.7 Å². The summed E-state index contributed by atoms with van der Waals surface area (Å²) >= 11 is 0. The van der Waals surface area contributed by atoms with Gasteiger partial charge in [-0.1, -0.05) is 63.7 Å². The van der Waals surface area contributed by atoms with Crippen molar-refractivity contribution in [3.63, 3.8) is 0 Å². The maximum Gasteiger partial charge on any atom is 0.271 e. The summed E-state index contributed by atoms with van der Waals surface area (Å²) in [5.74, 6) is 0. The Balaban J connectivity index is 1.87. The molecule has 1 aromatic heterocycles. The molecule has 0 unspecified atom stereocenters. The first-order valence-corrected chi connectivity index (χ1v) is 9.32. The number of aromatic amines is 1. The number of pyridine rings is 1. The zero-order chi connectivity index (χ0) is 20.5. The number of nitrogen functional groups attached to an aromatic ring is 1. The Bertz CT molecular complexity index is 1070. The number of aromatic nitrogens is 1. The second-order valence-electron chi connectivity index (χ2n) is 8.08. The molecular weight excluding hydrogens is 346 g/mol.